The van der Waals surface area contributed by atoms with Crippen molar-refractivity contribution in [3.05, 3.63) is 41.9 Å². The molecule has 28 heavy (non-hydrogen) atoms. The molecule has 4 nitrogen and oxygen atoms in total. The van der Waals surface area contributed by atoms with Crippen molar-refractivity contribution < 1.29 is 9.53 Å². The van der Waals surface area contributed by atoms with E-state index in [-0.39, 0.29) is 11.4 Å². The topological polar surface area (TPSA) is 55.0 Å². The van der Waals surface area contributed by atoms with Crippen molar-refractivity contribution in [2.24, 2.45) is 11.3 Å². The van der Waals surface area contributed by atoms with Crippen LogP contribution in [0.4, 0.5) is 0 Å². The lowest BCUT2D eigenvalue weighted by Gasteiger charge is -2.37. The smallest absolute Gasteiger partial charge is 0.338 e. The first kappa shape index (κ1) is 20.6. The second kappa shape index (κ2) is 8.93. The van der Waals surface area contributed by atoms with Crippen molar-refractivity contribution in [1.82, 2.24) is 9.97 Å². The molecular formula is C24H34N2O2. The summed E-state index contributed by atoms with van der Waals surface area (Å²) in [4.78, 5) is 20.4. The normalized spacial score (nSPS) is 16.7. The Hall–Kier alpha value is -2.10. The molecule has 1 fully saturated rings. The number of hydrogen-bond acceptors (Lipinski definition) is 3. The van der Waals surface area contributed by atoms with Gasteiger partial charge in [-0.3, -0.25) is 0 Å². The van der Waals surface area contributed by atoms with Crippen LogP contribution in [0.3, 0.4) is 0 Å². The molecule has 1 unspecified atom stereocenters. The monoisotopic (exact) mass is 382 g/mol. The van der Waals surface area contributed by atoms with E-state index in [1.807, 2.05) is 37.4 Å². The van der Waals surface area contributed by atoms with Gasteiger partial charge in [-0.2, -0.15) is 0 Å². The van der Waals surface area contributed by atoms with Gasteiger partial charge in [-0.25, -0.2) is 9.78 Å². The summed E-state index contributed by atoms with van der Waals surface area (Å²) in [7, 11) is 0. The Morgan fingerprint density at radius 1 is 1.18 bits per heavy atom. The Kier molecular flexibility index (Phi) is 6.58. The van der Waals surface area contributed by atoms with Gasteiger partial charge in [0.2, 0.25) is 0 Å². The highest BCUT2D eigenvalue weighted by Crippen LogP contribution is 2.45. The van der Waals surface area contributed by atoms with E-state index in [4.69, 9.17) is 9.72 Å². The predicted octanol–water partition coefficient (Wildman–Crippen LogP) is 6.35. The number of carbonyl (C=O) groups excluding carboxylic acids is 1. The van der Waals surface area contributed by atoms with Crippen molar-refractivity contribution in [1.29, 1.82) is 0 Å². The molecule has 1 heterocycles. The second-order valence-corrected chi connectivity index (χ2v) is 9.13. The van der Waals surface area contributed by atoms with Crippen LogP contribution in [-0.4, -0.2) is 22.5 Å². The number of carbonyl (C=O) groups is 1. The van der Waals surface area contributed by atoms with Crippen LogP contribution in [0.2, 0.25) is 0 Å². The van der Waals surface area contributed by atoms with E-state index in [0.717, 1.165) is 23.5 Å². The van der Waals surface area contributed by atoms with Gasteiger partial charge in [0.25, 0.3) is 0 Å². The standard InChI is InChI=1S/C24H34N2O2/c1-5-15-28-23(27)19-13-11-17(12-14-19)20-16-25-22(26-20)21(24(2,3)4)18-9-7-6-8-10-18/h11-14,16,18,21H,5-10,15H2,1-4H3,(H,25,26). The van der Waals surface area contributed by atoms with Crippen LogP contribution in [0.1, 0.15) is 88.3 Å². The summed E-state index contributed by atoms with van der Waals surface area (Å²) in [6, 6.07) is 7.55. The summed E-state index contributed by atoms with van der Waals surface area (Å²) in [5, 5.41) is 0. The van der Waals surface area contributed by atoms with E-state index in [1.54, 1.807) is 0 Å². The Bertz CT molecular complexity index is 765. The Morgan fingerprint density at radius 3 is 2.46 bits per heavy atom. The van der Waals surface area contributed by atoms with Crippen LogP contribution < -0.4 is 0 Å². The number of nitrogens with one attached hydrogen (secondary N) is 1. The minimum atomic E-state index is -0.263. The number of rotatable bonds is 6. The van der Waals surface area contributed by atoms with E-state index in [2.05, 4.69) is 25.8 Å². The van der Waals surface area contributed by atoms with E-state index in [9.17, 15) is 4.79 Å². The van der Waals surface area contributed by atoms with Gasteiger partial charge in [0.15, 0.2) is 0 Å². The number of hydrogen-bond donors (Lipinski definition) is 1. The van der Waals surface area contributed by atoms with Crippen molar-refractivity contribution in [3.8, 4) is 11.3 Å². The van der Waals surface area contributed by atoms with E-state index in [1.165, 1.54) is 32.1 Å². The molecule has 2 aromatic rings. The quantitative estimate of drug-likeness (QED) is 0.592. The van der Waals surface area contributed by atoms with Gasteiger partial charge in [-0.05, 0) is 42.7 Å². The number of nitrogens with zero attached hydrogens (tertiary/aromatic N) is 1. The number of esters is 1. The maximum atomic E-state index is 12.0. The SMILES string of the molecule is CCCOC(=O)c1ccc(-c2c[nH]c(C(C3CCCCC3)C(C)(C)C)n2)cc1. The summed E-state index contributed by atoms with van der Waals surface area (Å²) in [5.74, 6) is 1.97. The van der Waals surface area contributed by atoms with Crippen LogP contribution in [-0.2, 0) is 4.74 Å². The van der Waals surface area contributed by atoms with Crippen molar-refractivity contribution in [3.63, 3.8) is 0 Å². The summed E-state index contributed by atoms with van der Waals surface area (Å²) >= 11 is 0. The van der Waals surface area contributed by atoms with E-state index < -0.39 is 0 Å². The van der Waals surface area contributed by atoms with Crippen molar-refractivity contribution in [2.75, 3.05) is 6.61 Å². The zero-order valence-corrected chi connectivity index (χ0v) is 17.8. The average Bonchev–Trinajstić information content (AvgIpc) is 3.15. The molecule has 0 spiro atoms. The molecule has 0 bridgehead atoms. The van der Waals surface area contributed by atoms with Crippen molar-refractivity contribution >= 4 is 5.97 Å². The van der Waals surface area contributed by atoms with E-state index in [0.29, 0.717) is 24.0 Å². The zero-order chi connectivity index (χ0) is 20.1. The fourth-order valence-electron chi connectivity index (χ4n) is 4.51. The Morgan fingerprint density at radius 2 is 1.86 bits per heavy atom. The van der Waals surface area contributed by atoms with Crippen LogP contribution in [0.25, 0.3) is 11.3 Å². The Balaban J connectivity index is 1.79. The molecule has 1 aliphatic carbocycles. The summed E-state index contributed by atoms with van der Waals surface area (Å²) in [5.41, 5.74) is 2.71. The number of benzene rings is 1. The minimum absolute atomic E-state index is 0.171. The molecule has 0 amide bonds. The molecule has 0 radical (unpaired) electrons. The molecule has 0 saturated heterocycles. The fraction of sp³-hybridized carbons (Fsp3) is 0.583. The number of ether oxygens (including phenoxy) is 1. The summed E-state index contributed by atoms with van der Waals surface area (Å²) in [6.45, 7) is 9.42. The van der Waals surface area contributed by atoms with Gasteiger partial charge in [-0.1, -0.05) is 59.1 Å². The van der Waals surface area contributed by atoms with Gasteiger partial charge in [0.05, 0.1) is 17.9 Å². The molecule has 1 aliphatic rings. The summed E-state index contributed by atoms with van der Waals surface area (Å²) < 4.78 is 5.20. The third-order valence-electron chi connectivity index (χ3n) is 5.80. The molecule has 1 N–H and O–H groups in total. The number of H-pyrrole nitrogens is 1. The third kappa shape index (κ3) is 4.84. The lowest BCUT2D eigenvalue weighted by Crippen LogP contribution is -2.28. The first-order valence-corrected chi connectivity index (χ1v) is 10.7. The molecule has 0 aliphatic heterocycles. The largest absolute Gasteiger partial charge is 0.462 e. The first-order valence-electron chi connectivity index (χ1n) is 10.7. The summed E-state index contributed by atoms with van der Waals surface area (Å²) in [6.07, 6.45) is 9.46. The van der Waals surface area contributed by atoms with Crippen LogP contribution in [0.15, 0.2) is 30.5 Å². The van der Waals surface area contributed by atoms with Gasteiger partial charge < -0.3 is 9.72 Å². The van der Waals surface area contributed by atoms with Crippen LogP contribution >= 0.6 is 0 Å². The maximum Gasteiger partial charge on any atom is 0.338 e. The molecule has 152 valence electrons. The number of aromatic nitrogens is 2. The van der Waals surface area contributed by atoms with Gasteiger partial charge in [-0.15, -0.1) is 0 Å². The third-order valence-corrected chi connectivity index (χ3v) is 5.80. The van der Waals surface area contributed by atoms with Gasteiger partial charge >= 0.3 is 5.97 Å². The van der Waals surface area contributed by atoms with Gasteiger partial charge in [0, 0.05) is 17.7 Å². The lowest BCUT2D eigenvalue weighted by molar-refractivity contribution is 0.0505. The average molecular weight is 383 g/mol. The number of imidazole rings is 1. The molecule has 1 aromatic heterocycles. The molecule has 4 heteroatoms. The van der Waals surface area contributed by atoms with Gasteiger partial charge in [0.1, 0.15) is 5.82 Å². The zero-order valence-electron chi connectivity index (χ0n) is 17.8. The molecular weight excluding hydrogens is 348 g/mol. The number of aromatic amines is 1. The maximum absolute atomic E-state index is 12.0. The highest BCUT2D eigenvalue weighted by Gasteiger charge is 2.36. The second-order valence-electron chi connectivity index (χ2n) is 9.13. The fourth-order valence-corrected chi connectivity index (χ4v) is 4.51. The molecule has 1 atom stereocenters. The van der Waals surface area contributed by atoms with Crippen molar-refractivity contribution in [2.45, 2.75) is 72.1 Å². The van der Waals surface area contributed by atoms with Crippen LogP contribution in [0, 0.1) is 11.3 Å². The first-order chi connectivity index (χ1) is 13.4. The Labute approximate surface area is 169 Å². The van der Waals surface area contributed by atoms with E-state index >= 15 is 0 Å². The lowest BCUT2D eigenvalue weighted by atomic mass is 9.68. The highest BCUT2D eigenvalue weighted by molar-refractivity contribution is 5.90. The molecule has 3 rings (SSSR count). The molecule has 1 saturated carbocycles. The predicted molar refractivity (Wildman–Crippen MR) is 113 cm³/mol. The minimum Gasteiger partial charge on any atom is -0.462 e. The molecule has 1 aromatic carbocycles. The van der Waals surface area contributed by atoms with Crippen LogP contribution in [0.5, 0.6) is 0 Å². The highest BCUT2D eigenvalue weighted by atomic mass is 16.5.